The van der Waals surface area contributed by atoms with Gasteiger partial charge in [0, 0.05) is 43.8 Å². The van der Waals surface area contributed by atoms with Gasteiger partial charge in [-0.2, -0.15) is 0 Å². The molecule has 1 aromatic carbocycles. The van der Waals surface area contributed by atoms with Crippen molar-refractivity contribution in [1.82, 2.24) is 9.97 Å². The standard InChI is InChI=1S/C21H27N5O/c27-20(23-17-7-9-18(10-8-17)25-13-5-6-14-25)19-11-12-22-21(24-19)26-15-3-1-2-4-16-26/h7-12H,1-6,13-16H2,(H,23,27). The van der Waals surface area contributed by atoms with Crippen molar-refractivity contribution in [3.05, 3.63) is 42.2 Å². The molecule has 3 heterocycles. The number of anilines is 3. The number of aromatic nitrogens is 2. The number of rotatable bonds is 4. The second kappa shape index (κ2) is 8.37. The Morgan fingerprint density at radius 1 is 0.815 bits per heavy atom. The average molecular weight is 365 g/mol. The summed E-state index contributed by atoms with van der Waals surface area (Å²) in [6.07, 6.45) is 9.01. The van der Waals surface area contributed by atoms with Crippen molar-refractivity contribution in [2.24, 2.45) is 0 Å². The molecule has 0 unspecified atom stereocenters. The van der Waals surface area contributed by atoms with Gasteiger partial charge in [0.2, 0.25) is 5.95 Å². The zero-order chi connectivity index (χ0) is 18.5. The van der Waals surface area contributed by atoms with Crippen molar-refractivity contribution in [3.63, 3.8) is 0 Å². The van der Waals surface area contributed by atoms with Gasteiger partial charge < -0.3 is 15.1 Å². The second-order valence-electron chi connectivity index (χ2n) is 7.34. The van der Waals surface area contributed by atoms with Crippen LogP contribution in [-0.2, 0) is 0 Å². The summed E-state index contributed by atoms with van der Waals surface area (Å²) in [6.45, 7) is 4.16. The fraction of sp³-hybridized carbons (Fsp3) is 0.476. The molecule has 1 aromatic heterocycles. The number of carbonyl (C=O) groups excluding carboxylic acids is 1. The minimum absolute atomic E-state index is 0.192. The van der Waals surface area contributed by atoms with Gasteiger partial charge in [0.05, 0.1) is 0 Å². The first-order valence-corrected chi connectivity index (χ1v) is 10.0. The van der Waals surface area contributed by atoms with Crippen LogP contribution in [0, 0.1) is 0 Å². The summed E-state index contributed by atoms with van der Waals surface area (Å²) >= 11 is 0. The Labute approximate surface area is 160 Å². The van der Waals surface area contributed by atoms with Crippen LogP contribution in [0.25, 0.3) is 0 Å². The highest BCUT2D eigenvalue weighted by atomic mass is 16.1. The lowest BCUT2D eigenvalue weighted by atomic mass is 10.2. The summed E-state index contributed by atoms with van der Waals surface area (Å²) in [6, 6.07) is 9.74. The average Bonchev–Trinajstić information content (AvgIpc) is 3.11. The summed E-state index contributed by atoms with van der Waals surface area (Å²) in [7, 11) is 0. The van der Waals surface area contributed by atoms with E-state index in [-0.39, 0.29) is 5.91 Å². The second-order valence-corrected chi connectivity index (χ2v) is 7.34. The lowest BCUT2D eigenvalue weighted by Crippen LogP contribution is -2.27. The van der Waals surface area contributed by atoms with Crippen molar-refractivity contribution in [2.75, 3.05) is 41.3 Å². The van der Waals surface area contributed by atoms with Crippen LogP contribution in [0.5, 0.6) is 0 Å². The van der Waals surface area contributed by atoms with E-state index in [0.717, 1.165) is 44.7 Å². The molecule has 1 N–H and O–H groups in total. The molecule has 0 aliphatic carbocycles. The van der Waals surface area contributed by atoms with Crippen LogP contribution in [0.3, 0.4) is 0 Å². The SMILES string of the molecule is O=C(Nc1ccc(N2CCCC2)cc1)c1ccnc(N2CCCCCC2)n1. The first kappa shape index (κ1) is 17.8. The van der Waals surface area contributed by atoms with E-state index in [1.807, 2.05) is 12.1 Å². The van der Waals surface area contributed by atoms with Crippen LogP contribution in [-0.4, -0.2) is 42.1 Å². The van der Waals surface area contributed by atoms with Gasteiger partial charge in [-0.15, -0.1) is 0 Å². The number of carbonyl (C=O) groups is 1. The minimum atomic E-state index is -0.192. The van der Waals surface area contributed by atoms with Crippen molar-refractivity contribution in [3.8, 4) is 0 Å². The molecular formula is C21H27N5O. The van der Waals surface area contributed by atoms with Crippen LogP contribution in [0.2, 0.25) is 0 Å². The van der Waals surface area contributed by atoms with Gasteiger partial charge in [0.25, 0.3) is 5.91 Å². The molecule has 0 bridgehead atoms. The maximum absolute atomic E-state index is 12.6. The number of hydrogen-bond donors (Lipinski definition) is 1. The zero-order valence-corrected chi connectivity index (χ0v) is 15.7. The molecule has 0 spiro atoms. The first-order valence-electron chi connectivity index (χ1n) is 10.0. The molecule has 2 aromatic rings. The molecule has 2 aliphatic heterocycles. The highest BCUT2D eigenvalue weighted by Gasteiger charge is 2.16. The third-order valence-corrected chi connectivity index (χ3v) is 5.36. The molecule has 2 fully saturated rings. The van der Waals surface area contributed by atoms with Gasteiger partial charge >= 0.3 is 0 Å². The predicted molar refractivity (Wildman–Crippen MR) is 109 cm³/mol. The Morgan fingerprint density at radius 3 is 2.15 bits per heavy atom. The number of benzene rings is 1. The molecular weight excluding hydrogens is 338 g/mol. The molecule has 1 amide bonds. The largest absolute Gasteiger partial charge is 0.372 e. The van der Waals surface area contributed by atoms with Crippen LogP contribution in [0.1, 0.15) is 49.0 Å². The van der Waals surface area contributed by atoms with E-state index in [9.17, 15) is 4.79 Å². The fourth-order valence-corrected chi connectivity index (χ4v) is 3.82. The van der Waals surface area contributed by atoms with E-state index in [4.69, 9.17) is 0 Å². The highest BCUT2D eigenvalue weighted by molar-refractivity contribution is 6.03. The van der Waals surface area contributed by atoms with Crippen molar-refractivity contribution < 1.29 is 4.79 Å². The maximum Gasteiger partial charge on any atom is 0.274 e. The van der Waals surface area contributed by atoms with Gasteiger partial charge in [-0.3, -0.25) is 4.79 Å². The van der Waals surface area contributed by atoms with E-state index in [0.29, 0.717) is 11.6 Å². The highest BCUT2D eigenvalue weighted by Crippen LogP contribution is 2.22. The van der Waals surface area contributed by atoms with Gasteiger partial charge in [0.15, 0.2) is 0 Å². The summed E-state index contributed by atoms with van der Waals surface area (Å²) < 4.78 is 0. The molecule has 0 atom stereocenters. The van der Waals surface area contributed by atoms with E-state index in [1.165, 1.54) is 31.4 Å². The Hall–Kier alpha value is -2.63. The quantitative estimate of drug-likeness (QED) is 0.895. The lowest BCUT2D eigenvalue weighted by molar-refractivity contribution is 0.102. The Morgan fingerprint density at radius 2 is 1.44 bits per heavy atom. The van der Waals surface area contributed by atoms with E-state index in [1.54, 1.807) is 12.3 Å². The van der Waals surface area contributed by atoms with Crippen LogP contribution < -0.4 is 15.1 Å². The van der Waals surface area contributed by atoms with Gasteiger partial charge in [-0.05, 0) is 56.0 Å². The van der Waals surface area contributed by atoms with Gasteiger partial charge in [-0.1, -0.05) is 12.8 Å². The number of amides is 1. The maximum atomic E-state index is 12.6. The Kier molecular flexibility index (Phi) is 5.51. The van der Waals surface area contributed by atoms with Gasteiger partial charge in [-0.25, -0.2) is 9.97 Å². The predicted octanol–water partition coefficient (Wildman–Crippen LogP) is 3.71. The molecule has 6 heteroatoms. The van der Waals surface area contributed by atoms with Crippen molar-refractivity contribution in [2.45, 2.75) is 38.5 Å². The molecule has 4 rings (SSSR count). The molecule has 6 nitrogen and oxygen atoms in total. The minimum Gasteiger partial charge on any atom is -0.372 e. The van der Waals surface area contributed by atoms with Crippen molar-refractivity contribution in [1.29, 1.82) is 0 Å². The first-order chi connectivity index (χ1) is 13.3. The van der Waals surface area contributed by atoms with Crippen LogP contribution in [0.4, 0.5) is 17.3 Å². The smallest absolute Gasteiger partial charge is 0.274 e. The molecule has 0 radical (unpaired) electrons. The summed E-state index contributed by atoms with van der Waals surface area (Å²) in [5, 5.41) is 2.95. The lowest BCUT2D eigenvalue weighted by Gasteiger charge is -2.20. The fourth-order valence-electron chi connectivity index (χ4n) is 3.82. The molecule has 27 heavy (non-hydrogen) atoms. The summed E-state index contributed by atoms with van der Waals surface area (Å²) in [5.41, 5.74) is 2.42. The van der Waals surface area contributed by atoms with Crippen LogP contribution in [0.15, 0.2) is 36.5 Å². The molecule has 142 valence electrons. The monoisotopic (exact) mass is 365 g/mol. The van der Waals surface area contributed by atoms with Gasteiger partial charge in [0.1, 0.15) is 5.69 Å². The third kappa shape index (κ3) is 4.38. The number of hydrogen-bond acceptors (Lipinski definition) is 5. The van der Waals surface area contributed by atoms with E-state index >= 15 is 0 Å². The van der Waals surface area contributed by atoms with Crippen LogP contribution >= 0.6 is 0 Å². The summed E-state index contributed by atoms with van der Waals surface area (Å²) in [5.74, 6) is 0.469. The third-order valence-electron chi connectivity index (χ3n) is 5.36. The van der Waals surface area contributed by atoms with E-state index < -0.39 is 0 Å². The van der Waals surface area contributed by atoms with Crippen molar-refractivity contribution >= 4 is 23.2 Å². The number of nitrogens with zero attached hydrogens (tertiary/aromatic N) is 4. The summed E-state index contributed by atoms with van der Waals surface area (Å²) in [4.78, 5) is 26.1. The normalized spacial score (nSPS) is 17.6. The number of nitrogens with one attached hydrogen (secondary N) is 1. The van der Waals surface area contributed by atoms with E-state index in [2.05, 4.69) is 37.2 Å². The Balaban J connectivity index is 1.42. The molecule has 0 saturated carbocycles. The Bertz CT molecular complexity index is 762. The topological polar surface area (TPSA) is 61.4 Å². The zero-order valence-electron chi connectivity index (χ0n) is 15.7. The molecule has 2 aliphatic rings. The molecule has 2 saturated heterocycles.